The zero-order valence-corrected chi connectivity index (χ0v) is 23.4. The third kappa shape index (κ3) is 7.52. The van der Waals surface area contributed by atoms with E-state index in [1.54, 1.807) is 23.1 Å². The van der Waals surface area contributed by atoms with Crippen LogP contribution >= 0.6 is 23.2 Å². The van der Waals surface area contributed by atoms with Gasteiger partial charge in [0.05, 0.1) is 0 Å². The molecule has 0 saturated heterocycles. The summed E-state index contributed by atoms with van der Waals surface area (Å²) in [7, 11) is 0. The van der Waals surface area contributed by atoms with Gasteiger partial charge in [0.1, 0.15) is 11.8 Å². The first-order valence-electron chi connectivity index (χ1n) is 13.1. The molecule has 1 atom stereocenters. The average molecular weight is 554 g/mol. The van der Waals surface area contributed by atoms with E-state index in [1.807, 2.05) is 62.4 Å². The molecule has 0 bridgehead atoms. The van der Waals surface area contributed by atoms with Gasteiger partial charge in [-0.05, 0) is 61.6 Å². The van der Waals surface area contributed by atoms with Gasteiger partial charge in [-0.25, -0.2) is 0 Å². The third-order valence-electron chi connectivity index (χ3n) is 7.01. The molecule has 3 aromatic carbocycles. The molecule has 0 unspecified atom stereocenters. The van der Waals surface area contributed by atoms with Crippen LogP contribution in [0.2, 0.25) is 10.0 Å². The number of benzene rings is 3. The standard InChI is InChI=1S/C31H34Cl2N2O3/c1-21-12-15-29(22(2)16-21)38-20-30(36)35(19-24-13-14-25(32)18-27(24)33)28(17-23-8-4-3-5-9-23)31(37)34-26-10-6-7-11-26/h3-5,8-9,12-16,18,26,28H,6-7,10-11,17,19-20H2,1-2H3,(H,34,37)/t28-/m1/s1. The van der Waals surface area contributed by atoms with Crippen LogP contribution in [0.5, 0.6) is 5.75 Å². The van der Waals surface area contributed by atoms with Crippen molar-refractivity contribution < 1.29 is 14.3 Å². The zero-order valence-electron chi connectivity index (χ0n) is 21.9. The fourth-order valence-electron chi connectivity index (χ4n) is 4.94. The molecule has 5 nitrogen and oxygen atoms in total. The minimum atomic E-state index is -0.736. The van der Waals surface area contributed by atoms with Gasteiger partial charge in [0.25, 0.3) is 5.91 Å². The van der Waals surface area contributed by atoms with Crippen LogP contribution in [0, 0.1) is 13.8 Å². The molecule has 3 aromatic rings. The van der Waals surface area contributed by atoms with Gasteiger partial charge in [-0.2, -0.15) is 0 Å². The molecule has 0 aromatic heterocycles. The summed E-state index contributed by atoms with van der Waals surface area (Å²) in [5.41, 5.74) is 3.74. The highest BCUT2D eigenvalue weighted by molar-refractivity contribution is 6.35. The van der Waals surface area contributed by atoms with Crippen molar-refractivity contribution in [1.29, 1.82) is 0 Å². The number of nitrogens with one attached hydrogen (secondary N) is 1. The Hall–Kier alpha value is -3.02. The fraction of sp³-hybridized carbons (Fsp3) is 0.355. The van der Waals surface area contributed by atoms with Crippen molar-refractivity contribution in [1.82, 2.24) is 10.2 Å². The van der Waals surface area contributed by atoms with Crippen molar-refractivity contribution >= 4 is 35.0 Å². The number of aryl methyl sites for hydroxylation is 2. The molecule has 7 heteroatoms. The Morgan fingerprint density at radius 2 is 1.74 bits per heavy atom. The molecule has 1 aliphatic rings. The molecular weight excluding hydrogens is 519 g/mol. The summed E-state index contributed by atoms with van der Waals surface area (Å²) >= 11 is 12.6. The normalized spacial score (nSPS) is 14.2. The van der Waals surface area contributed by atoms with Crippen molar-refractivity contribution in [3.8, 4) is 5.75 Å². The summed E-state index contributed by atoms with van der Waals surface area (Å²) < 4.78 is 5.96. The Labute approximate surface area is 235 Å². The number of amides is 2. The van der Waals surface area contributed by atoms with Crippen molar-refractivity contribution in [2.24, 2.45) is 0 Å². The van der Waals surface area contributed by atoms with Gasteiger partial charge >= 0.3 is 0 Å². The summed E-state index contributed by atoms with van der Waals surface area (Å²) in [4.78, 5) is 29.1. The SMILES string of the molecule is Cc1ccc(OCC(=O)N(Cc2ccc(Cl)cc2Cl)[C@H](Cc2ccccc2)C(=O)NC2CCCC2)c(C)c1. The predicted octanol–water partition coefficient (Wildman–Crippen LogP) is 6.69. The number of hydrogen-bond donors (Lipinski definition) is 1. The maximum atomic E-state index is 13.8. The second kappa shape index (κ2) is 13.2. The van der Waals surface area contributed by atoms with Crippen LogP contribution in [0.1, 0.15) is 47.9 Å². The number of carbonyl (C=O) groups excluding carboxylic acids is 2. The van der Waals surface area contributed by atoms with Gasteiger partial charge in [0.2, 0.25) is 5.91 Å². The molecule has 2 amide bonds. The average Bonchev–Trinajstić information content (AvgIpc) is 3.40. The molecule has 1 saturated carbocycles. The van der Waals surface area contributed by atoms with E-state index in [4.69, 9.17) is 27.9 Å². The van der Waals surface area contributed by atoms with Gasteiger partial charge in [-0.1, -0.05) is 90.1 Å². The first-order valence-corrected chi connectivity index (χ1v) is 13.8. The largest absolute Gasteiger partial charge is 0.483 e. The molecule has 0 heterocycles. The molecule has 0 radical (unpaired) electrons. The Morgan fingerprint density at radius 3 is 2.42 bits per heavy atom. The van der Waals surface area contributed by atoms with Crippen LogP contribution in [0.4, 0.5) is 0 Å². The topological polar surface area (TPSA) is 58.6 Å². The van der Waals surface area contributed by atoms with Gasteiger partial charge < -0.3 is 15.0 Å². The van der Waals surface area contributed by atoms with Crippen molar-refractivity contribution in [2.45, 2.75) is 64.6 Å². The number of ether oxygens (including phenoxy) is 1. The number of hydrogen-bond acceptors (Lipinski definition) is 3. The van der Waals surface area contributed by atoms with E-state index in [2.05, 4.69) is 5.32 Å². The van der Waals surface area contributed by atoms with E-state index < -0.39 is 6.04 Å². The van der Waals surface area contributed by atoms with Crippen molar-refractivity contribution in [3.05, 3.63) is 99.0 Å². The van der Waals surface area contributed by atoms with Crippen molar-refractivity contribution in [3.63, 3.8) is 0 Å². The Morgan fingerprint density at radius 1 is 1.00 bits per heavy atom. The lowest BCUT2D eigenvalue weighted by atomic mass is 10.0. The van der Waals surface area contributed by atoms with Crippen LogP contribution in [0.15, 0.2) is 66.7 Å². The second-order valence-corrected chi connectivity index (χ2v) is 10.9. The van der Waals surface area contributed by atoms with Crippen LogP contribution in [0.3, 0.4) is 0 Å². The maximum Gasteiger partial charge on any atom is 0.261 e. The van der Waals surface area contributed by atoms with Crippen LogP contribution < -0.4 is 10.1 Å². The highest BCUT2D eigenvalue weighted by atomic mass is 35.5. The van der Waals surface area contributed by atoms with E-state index >= 15 is 0 Å². The third-order valence-corrected chi connectivity index (χ3v) is 7.60. The van der Waals surface area contributed by atoms with Crippen LogP contribution in [0.25, 0.3) is 0 Å². The predicted molar refractivity (Wildman–Crippen MR) is 153 cm³/mol. The smallest absolute Gasteiger partial charge is 0.261 e. The fourth-order valence-corrected chi connectivity index (χ4v) is 5.41. The molecule has 0 spiro atoms. The zero-order chi connectivity index (χ0) is 27.1. The summed E-state index contributed by atoms with van der Waals surface area (Å²) in [6, 6.07) is 20.2. The first-order chi connectivity index (χ1) is 18.3. The van der Waals surface area contributed by atoms with E-state index in [0.717, 1.165) is 42.4 Å². The summed E-state index contributed by atoms with van der Waals surface area (Å²) in [6.45, 7) is 3.92. The molecule has 1 N–H and O–H groups in total. The summed E-state index contributed by atoms with van der Waals surface area (Å²) in [5.74, 6) is 0.188. The van der Waals surface area contributed by atoms with E-state index in [1.165, 1.54) is 0 Å². The Balaban J connectivity index is 1.64. The molecule has 38 heavy (non-hydrogen) atoms. The van der Waals surface area contributed by atoms with Gasteiger partial charge in [0.15, 0.2) is 6.61 Å². The van der Waals surface area contributed by atoms with Crippen LogP contribution in [-0.4, -0.2) is 35.4 Å². The maximum absolute atomic E-state index is 13.8. The van der Waals surface area contributed by atoms with Crippen molar-refractivity contribution in [2.75, 3.05) is 6.61 Å². The lowest BCUT2D eigenvalue weighted by Crippen LogP contribution is -2.53. The van der Waals surface area contributed by atoms with E-state index in [9.17, 15) is 9.59 Å². The highest BCUT2D eigenvalue weighted by Crippen LogP contribution is 2.25. The molecular formula is C31H34Cl2N2O3. The Kier molecular flexibility index (Phi) is 9.70. The number of halogens is 2. The minimum Gasteiger partial charge on any atom is -0.483 e. The molecule has 1 aliphatic carbocycles. The summed E-state index contributed by atoms with van der Waals surface area (Å²) in [6.07, 6.45) is 4.48. The van der Waals surface area contributed by atoms with Gasteiger partial charge in [-0.3, -0.25) is 9.59 Å². The van der Waals surface area contributed by atoms with E-state index in [-0.39, 0.29) is 31.0 Å². The number of carbonyl (C=O) groups is 2. The Bertz CT molecular complexity index is 1260. The summed E-state index contributed by atoms with van der Waals surface area (Å²) in [5, 5.41) is 4.16. The molecule has 4 rings (SSSR count). The lowest BCUT2D eigenvalue weighted by Gasteiger charge is -2.32. The number of nitrogens with zero attached hydrogens (tertiary/aromatic N) is 1. The minimum absolute atomic E-state index is 0.128. The second-order valence-electron chi connectivity index (χ2n) is 10.0. The quantitative estimate of drug-likeness (QED) is 0.305. The molecule has 1 fully saturated rings. The molecule has 200 valence electrons. The van der Waals surface area contributed by atoms with Crippen LogP contribution in [-0.2, 0) is 22.6 Å². The number of rotatable bonds is 10. The van der Waals surface area contributed by atoms with Gasteiger partial charge in [0, 0.05) is 29.1 Å². The monoisotopic (exact) mass is 552 g/mol. The lowest BCUT2D eigenvalue weighted by molar-refractivity contribution is -0.143. The highest BCUT2D eigenvalue weighted by Gasteiger charge is 2.32. The molecule has 0 aliphatic heterocycles. The van der Waals surface area contributed by atoms with E-state index in [0.29, 0.717) is 27.8 Å². The first kappa shape index (κ1) is 28.0. The van der Waals surface area contributed by atoms with Gasteiger partial charge in [-0.15, -0.1) is 0 Å².